The van der Waals surface area contributed by atoms with E-state index in [0.717, 1.165) is 6.04 Å². The predicted octanol–water partition coefficient (Wildman–Crippen LogP) is 4.56. The zero-order valence-electron chi connectivity index (χ0n) is 17.6. The van der Waals surface area contributed by atoms with Gasteiger partial charge in [0, 0.05) is 24.2 Å². The third-order valence-electron chi connectivity index (χ3n) is 4.55. The second kappa shape index (κ2) is 13.4. The van der Waals surface area contributed by atoms with E-state index in [1.165, 1.54) is 50.9 Å². The molecular weight excluding hydrogens is 371 g/mol. The summed E-state index contributed by atoms with van der Waals surface area (Å²) < 4.78 is 18.6. The molecule has 1 aliphatic carbocycles. The van der Waals surface area contributed by atoms with Gasteiger partial charge in [-0.25, -0.2) is 4.39 Å². The number of carbonyl (C=O) groups excluding carboxylic acids is 2. The van der Waals surface area contributed by atoms with Gasteiger partial charge in [-0.2, -0.15) is 0 Å². The maximum atomic E-state index is 13.9. The fraction of sp³-hybridized carbons (Fsp3) is 0.391. The Morgan fingerprint density at radius 1 is 1.10 bits per heavy atom. The Hall–Kier alpha value is -2.73. The molecule has 0 aromatic heterocycles. The molecular formula is C23H31FN2O3. The molecule has 2 N–H and O–H groups in total. The third kappa shape index (κ3) is 7.66. The number of carbonyl (C=O) groups is 2. The van der Waals surface area contributed by atoms with Crippen molar-refractivity contribution in [3.05, 3.63) is 53.8 Å². The van der Waals surface area contributed by atoms with Crippen LogP contribution in [0.4, 0.5) is 4.39 Å². The maximum absolute atomic E-state index is 13.9. The van der Waals surface area contributed by atoms with E-state index in [9.17, 15) is 14.0 Å². The number of halogens is 1. The van der Waals surface area contributed by atoms with Crippen molar-refractivity contribution in [2.24, 2.45) is 0 Å². The molecule has 0 unspecified atom stereocenters. The molecule has 1 saturated carbocycles. The average Bonchev–Trinajstić information content (AvgIpc) is 3.31. The van der Waals surface area contributed by atoms with Crippen molar-refractivity contribution in [1.29, 1.82) is 0 Å². The summed E-state index contributed by atoms with van der Waals surface area (Å²) in [5.41, 5.74) is 1.21. The molecule has 0 bridgehead atoms. The molecule has 29 heavy (non-hydrogen) atoms. The van der Waals surface area contributed by atoms with Crippen molar-refractivity contribution in [2.75, 3.05) is 14.1 Å². The molecule has 6 heteroatoms. The minimum absolute atomic E-state index is 0.238. The van der Waals surface area contributed by atoms with Crippen molar-refractivity contribution in [3.63, 3.8) is 0 Å². The molecule has 0 radical (unpaired) electrons. The van der Waals surface area contributed by atoms with Gasteiger partial charge in [0.2, 0.25) is 0 Å². The van der Waals surface area contributed by atoms with Crippen molar-refractivity contribution in [1.82, 2.24) is 10.6 Å². The SMILES string of the molecule is CC.CNC(=O)c1cccc(-c2cc(OC=O)ccc2F)c1.CNC1CCCC1. The molecule has 2 aromatic rings. The highest BCUT2D eigenvalue weighted by Gasteiger charge is 2.11. The summed E-state index contributed by atoms with van der Waals surface area (Å²) in [4.78, 5) is 21.9. The van der Waals surface area contributed by atoms with Gasteiger partial charge >= 0.3 is 0 Å². The normalized spacial score (nSPS) is 12.7. The van der Waals surface area contributed by atoms with Gasteiger partial charge in [0.25, 0.3) is 12.4 Å². The lowest BCUT2D eigenvalue weighted by Gasteiger charge is -2.07. The third-order valence-corrected chi connectivity index (χ3v) is 4.55. The molecule has 1 amide bonds. The number of nitrogens with one attached hydrogen (secondary N) is 2. The van der Waals surface area contributed by atoms with Crippen LogP contribution in [0.25, 0.3) is 11.1 Å². The predicted molar refractivity (Wildman–Crippen MR) is 115 cm³/mol. The first-order chi connectivity index (χ1) is 14.1. The Bertz CT molecular complexity index is 774. The molecule has 0 aliphatic heterocycles. The van der Waals surface area contributed by atoms with Crippen LogP contribution in [0.2, 0.25) is 0 Å². The van der Waals surface area contributed by atoms with E-state index in [-0.39, 0.29) is 23.7 Å². The molecule has 5 nitrogen and oxygen atoms in total. The Kier molecular flexibility index (Phi) is 11.3. The summed E-state index contributed by atoms with van der Waals surface area (Å²) in [6, 6.07) is 11.4. The van der Waals surface area contributed by atoms with Crippen LogP contribution in [0.5, 0.6) is 5.75 Å². The van der Waals surface area contributed by atoms with E-state index in [0.29, 0.717) is 11.1 Å². The number of ether oxygens (including phenoxy) is 1. The Morgan fingerprint density at radius 2 is 1.79 bits per heavy atom. The van der Waals surface area contributed by atoms with Crippen molar-refractivity contribution in [3.8, 4) is 16.9 Å². The van der Waals surface area contributed by atoms with Gasteiger partial charge in [-0.15, -0.1) is 0 Å². The molecule has 0 atom stereocenters. The number of rotatable bonds is 5. The van der Waals surface area contributed by atoms with E-state index < -0.39 is 5.82 Å². The fourth-order valence-corrected chi connectivity index (χ4v) is 3.04. The highest BCUT2D eigenvalue weighted by atomic mass is 19.1. The minimum Gasteiger partial charge on any atom is -0.429 e. The second-order valence-corrected chi connectivity index (χ2v) is 6.29. The average molecular weight is 403 g/mol. The second-order valence-electron chi connectivity index (χ2n) is 6.29. The first-order valence-electron chi connectivity index (χ1n) is 9.98. The highest BCUT2D eigenvalue weighted by molar-refractivity contribution is 5.95. The topological polar surface area (TPSA) is 67.4 Å². The van der Waals surface area contributed by atoms with E-state index >= 15 is 0 Å². The van der Waals surface area contributed by atoms with Gasteiger partial charge in [-0.3, -0.25) is 9.59 Å². The van der Waals surface area contributed by atoms with E-state index in [2.05, 4.69) is 17.7 Å². The smallest absolute Gasteiger partial charge is 0.298 e. The minimum atomic E-state index is -0.461. The zero-order chi connectivity index (χ0) is 21.6. The fourth-order valence-electron chi connectivity index (χ4n) is 3.04. The van der Waals surface area contributed by atoms with E-state index in [4.69, 9.17) is 4.74 Å². The van der Waals surface area contributed by atoms with Crippen molar-refractivity contribution < 1.29 is 18.7 Å². The van der Waals surface area contributed by atoms with E-state index in [1.54, 1.807) is 24.3 Å². The monoisotopic (exact) mass is 402 g/mol. The summed E-state index contributed by atoms with van der Waals surface area (Å²) in [6.45, 7) is 4.28. The van der Waals surface area contributed by atoms with Crippen LogP contribution >= 0.6 is 0 Å². The molecule has 0 saturated heterocycles. The largest absolute Gasteiger partial charge is 0.429 e. The number of hydrogen-bond donors (Lipinski definition) is 2. The van der Waals surface area contributed by atoms with Crippen LogP contribution in [0.1, 0.15) is 49.9 Å². The van der Waals surface area contributed by atoms with Gasteiger partial charge < -0.3 is 15.4 Å². The van der Waals surface area contributed by atoms with E-state index in [1.807, 2.05) is 13.8 Å². The number of amides is 1. The van der Waals surface area contributed by atoms with Crippen molar-refractivity contribution >= 4 is 12.4 Å². The molecule has 0 heterocycles. The molecule has 1 fully saturated rings. The lowest BCUT2D eigenvalue weighted by Crippen LogP contribution is -2.20. The molecule has 3 rings (SSSR count). The molecule has 1 aliphatic rings. The van der Waals surface area contributed by atoms with Crippen molar-refractivity contribution in [2.45, 2.75) is 45.6 Å². The summed E-state index contributed by atoms with van der Waals surface area (Å²) in [7, 11) is 3.57. The van der Waals surface area contributed by atoms with Gasteiger partial charge in [-0.05, 0) is 55.8 Å². The van der Waals surface area contributed by atoms with Gasteiger partial charge in [-0.1, -0.05) is 38.8 Å². The Labute approximate surface area is 172 Å². The maximum Gasteiger partial charge on any atom is 0.298 e. The Balaban J connectivity index is 0.000000390. The van der Waals surface area contributed by atoms with Crippen LogP contribution in [0.15, 0.2) is 42.5 Å². The van der Waals surface area contributed by atoms with Crippen LogP contribution in [0.3, 0.4) is 0 Å². The van der Waals surface area contributed by atoms with Crippen LogP contribution < -0.4 is 15.4 Å². The summed E-state index contributed by atoms with van der Waals surface area (Å²) in [5, 5.41) is 5.77. The standard InChI is InChI=1S/C15H12FNO3.C6H13N.C2H6/c1-17-15(19)11-4-2-3-10(7-11)13-8-12(20-9-18)5-6-14(13)16;1-7-6-4-2-3-5-6;1-2/h2-9H,1H3,(H,17,19);6-7H,2-5H2,1H3;1-2H3. The van der Waals surface area contributed by atoms with Crippen LogP contribution in [-0.2, 0) is 4.79 Å². The van der Waals surface area contributed by atoms with Crippen LogP contribution in [-0.4, -0.2) is 32.5 Å². The quantitative estimate of drug-likeness (QED) is 0.720. The van der Waals surface area contributed by atoms with Gasteiger partial charge in [0.15, 0.2) is 0 Å². The number of benzene rings is 2. The first kappa shape index (κ1) is 24.3. The lowest BCUT2D eigenvalue weighted by molar-refractivity contribution is -0.120. The van der Waals surface area contributed by atoms with Gasteiger partial charge in [0.05, 0.1) is 0 Å². The number of hydrogen-bond acceptors (Lipinski definition) is 4. The van der Waals surface area contributed by atoms with Crippen LogP contribution in [0, 0.1) is 5.82 Å². The summed E-state index contributed by atoms with van der Waals surface area (Å²) in [5.74, 6) is -0.480. The molecule has 2 aromatic carbocycles. The zero-order valence-corrected chi connectivity index (χ0v) is 17.6. The first-order valence-corrected chi connectivity index (χ1v) is 9.98. The highest BCUT2D eigenvalue weighted by Crippen LogP contribution is 2.27. The molecule has 158 valence electrons. The Morgan fingerprint density at radius 3 is 2.34 bits per heavy atom. The van der Waals surface area contributed by atoms with Gasteiger partial charge in [0.1, 0.15) is 11.6 Å². The summed E-state index contributed by atoms with van der Waals surface area (Å²) in [6.07, 6.45) is 5.67. The lowest BCUT2D eigenvalue weighted by atomic mass is 10.0. The summed E-state index contributed by atoms with van der Waals surface area (Å²) >= 11 is 0. The molecule has 0 spiro atoms.